The monoisotopic (exact) mass is 387 g/mol. The fourth-order valence-corrected chi connectivity index (χ4v) is 5.89. The third kappa shape index (κ3) is 3.51. The average Bonchev–Trinajstić information content (AvgIpc) is 2.96. The molecule has 1 saturated carbocycles. The number of thiophene rings is 1. The van der Waals surface area contributed by atoms with Crippen LogP contribution in [-0.4, -0.2) is 26.7 Å². The van der Waals surface area contributed by atoms with Crippen molar-refractivity contribution >= 4 is 48.9 Å². The molecule has 0 bridgehead atoms. The van der Waals surface area contributed by atoms with Crippen LogP contribution < -0.4 is 4.72 Å². The molecule has 8 heteroatoms. The van der Waals surface area contributed by atoms with E-state index in [1.54, 1.807) is 0 Å². The highest BCUT2D eigenvalue weighted by Crippen LogP contribution is 2.38. The zero-order chi connectivity index (χ0) is 14.1. The van der Waals surface area contributed by atoms with Crippen LogP contribution in [0.25, 0.3) is 0 Å². The van der Waals surface area contributed by atoms with Crippen molar-refractivity contribution in [1.82, 2.24) is 4.72 Å². The van der Waals surface area contributed by atoms with E-state index in [0.29, 0.717) is 8.81 Å². The van der Waals surface area contributed by atoms with Gasteiger partial charge in [0, 0.05) is 18.6 Å². The minimum Gasteiger partial charge on any atom is -0.396 e. The van der Waals surface area contributed by atoms with Gasteiger partial charge < -0.3 is 5.11 Å². The van der Waals surface area contributed by atoms with Crippen molar-refractivity contribution < 1.29 is 13.5 Å². The number of aliphatic hydroxyl groups is 1. The lowest BCUT2D eigenvalue weighted by molar-refractivity contribution is 0.134. The number of sulfonamides is 1. The summed E-state index contributed by atoms with van der Waals surface area (Å²) in [6, 6.07) is 1.43. The van der Waals surface area contributed by atoms with Crippen molar-refractivity contribution in [2.75, 3.05) is 13.2 Å². The molecule has 19 heavy (non-hydrogen) atoms. The minimum absolute atomic E-state index is 0.0183. The highest BCUT2D eigenvalue weighted by Gasteiger charge is 2.34. The van der Waals surface area contributed by atoms with Crippen LogP contribution in [0, 0.1) is 5.41 Å². The third-order valence-electron chi connectivity index (χ3n) is 3.52. The van der Waals surface area contributed by atoms with E-state index in [0.717, 1.165) is 37.0 Å². The molecular weight excluding hydrogens is 374 g/mol. The number of halogens is 2. The van der Waals surface area contributed by atoms with E-state index >= 15 is 0 Å². The Hall–Kier alpha value is 0.340. The molecule has 0 atom stereocenters. The van der Waals surface area contributed by atoms with E-state index < -0.39 is 10.0 Å². The van der Waals surface area contributed by atoms with Crippen molar-refractivity contribution in [3.05, 3.63) is 14.9 Å². The van der Waals surface area contributed by atoms with Gasteiger partial charge in [0.05, 0.1) is 8.81 Å². The lowest BCUT2D eigenvalue weighted by Crippen LogP contribution is -2.38. The van der Waals surface area contributed by atoms with Gasteiger partial charge in [-0.25, -0.2) is 13.1 Å². The fourth-order valence-electron chi connectivity index (χ4n) is 2.29. The second-order valence-electron chi connectivity index (χ2n) is 4.88. The van der Waals surface area contributed by atoms with E-state index in [-0.39, 0.29) is 22.8 Å². The molecule has 1 aromatic heterocycles. The Labute approximate surface area is 130 Å². The first-order valence-corrected chi connectivity index (χ1v) is 9.41. The van der Waals surface area contributed by atoms with Crippen molar-refractivity contribution in [1.29, 1.82) is 0 Å². The van der Waals surface area contributed by atoms with Crippen LogP contribution in [0.2, 0.25) is 5.02 Å². The molecule has 4 nitrogen and oxygen atoms in total. The third-order valence-corrected chi connectivity index (χ3v) is 7.87. The SMILES string of the molecule is O=S(=O)(NCC1(CO)CCCC1)c1cc(Cl)c(Br)s1. The Bertz CT molecular complexity index is 533. The molecule has 1 aliphatic carbocycles. The topological polar surface area (TPSA) is 66.4 Å². The summed E-state index contributed by atoms with van der Waals surface area (Å²) in [6.07, 6.45) is 3.80. The first kappa shape index (κ1) is 15.7. The van der Waals surface area contributed by atoms with E-state index in [1.807, 2.05) is 0 Å². The van der Waals surface area contributed by atoms with E-state index in [4.69, 9.17) is 11.6 Å². The molecule has 0 saturated heterocycles. The standard InChI is InChI=1S/C11H15BrClNO3S2/c12-10-8(13)5-9(18-10)19(16,17)14-6-11(7-15)3-1-2-4-11/h5,14-15H,1-4,6-7H2. The van der Waals surface area contributed by atoms with Gasteiger partial charge in [-0.1, -0.05) is 24.4 Å². The van der Waals surface area contributed by atoms with Gasteiger partial charge in [0.15, 0.2) is 0 Å². The van der Waals surface area contributed by atoms with Gasteiger partial charge in [-0.3, -0.25) is 0 Å². The molecule has 0 unspecified atom stereocenters. The smallest absolute Gasteiger partial charge is 0.250 e. The van der Waals surface area contributed by atoms with Crippen LogP contribution in [0.5, 0.6) is 0 Å². The lowest BCUT2D eigenvalue weighted by atomic mass is 9.88. The highest BCUT2D eigenvalue weighted by atomic mass is 79.9. The van der Waals surface area contributed by atoms with E-state index in [2.05, 4.69) is 20.7 Å². The van der Waals surface area contributed by atoms with Crippen LogP contribution in [0.3, 0.4) is 0 Å². The quantitative estimate of drug-likeness (QED) is 0.815. The second-order valence-corrected chi connectivity index (χ2v) is 9.65. The zero-order valence-corrected chi connectivity index (χ0v) is 14.1. The summed E-state index contributed by atoms with van der Waals surface area (Å²) in [5.41, 5.74) is -0.300. The summed E-state index contributed by atoms with van der Waals surface area (Å²) in [6.45, 7) is 0.295. The number of hydrogen-bond donors (Lipinski definition) is 2. The average molecular weight is 389 g/mol. The maximum Gasteiger partial charge on any atom is 0.250 e. The Morgan fingerprint density at radius 3 is 2.58 bits per heavy atom. The van der Waals surface area contributed by atoms with Gasteiger partial charge >= 0.3 is 0 Å². The van der Waals surface area contributed by atoms with E-state index in [1.165, 1.54) is 6.07 Å². The predicted octanol–water partition coefficient (Wildman–Crippen LogP) is 3.00. The minimum atomic E-state index is -3.55. The van der Waals surface area contributed by atoms with Crippen LogP contribution in [-0.2, 0) is 10.0 Å². The van der Waals surface area contributed by atoms with Gasteiger partial charge in [0.25, 0.3) is 0 Å². The van der Waals surface area contributed by atoms with Crippen LogP contribution >= 0.6 is 38.9 Å². The van der Waals surface area contributed by atoms with Crippen molar-refractivity contribution in [3.8, 4) is 0 Å². The Morgan fingerprint density at radius 2 is 2.11 bits per heavy atom. The molecule has 0 amide bonds. The Balaban J connectivity index is 2.09. The first-order valence-electron chi connectivity index (χ1n) is 5.94. The summed E-state index contributed by atoms with van der Waals surface area (Å²) in [7, 11) is -3.55. The van der Waals surface area contributed by atoms with Gasteiger partial charge in [-0.15, -0.1) is 11.3 Å². The zero-order valence-electron chi connectivity index (χ0n) is 10.2. The van der Waals surface area contributed by atoms with Gasteiger partial charge in [-0.2, -0.15) is 0 Å². The van der Waals surface area contributed by atoms with Gasteiger partial charge in [0.2, 0.25) is 10.0 Å². The molecule has 2 N–H and O–H groups in total. The summed E-state index contributed by atoms with van der Waals surface area (Å²) in [4.78, 5) is 0. The molecule has 1 aliphatic rings. The molecule has 2 rings (SSSR count). The maximum atomic E-state index is 12.2. The number of hydrogen-bond acceptors (Lipinski definition) is 4. The number of rotatable bonds is 5. The number of nitrogens with one attached hydrogen (secondary N) is 1. The van der Waals surface area contributed by atoms with Crippen LogP contribution in [0.15, 0.2) is 14.1 Å². The summed E-state index contributed by atoms with van der Waals surface area (Å²) < 4.78 is 27.7. The van der Waals surface area contributed by atoms with Crippen molar-refractivity contribution in [2.45, 2.75) is 29.9 Å². The predicted molar refractivity (Wildman–Crippen MR) is 80.2 cm³/mol. The molecule has 0 aliphatic heterocycles. The van der Waals surface area contributed by atoms with Crippen molar-refractivity contribution in [3.63, 3.8) is 0 Å². The molecule has 1 aromatic rings. The van der Waals surface area contributed by atoms with Crippen LogP contribution in [0.4, 0.5) is 0 Å². The molecule has 1 fully saturated rings. The molecule has 0 radical (unpaired) electrons. The second kappa shape index (κ2) is 5.99. The Kier molecular flexibility index (Phi) is 4.96. The fraction of sp³-hybridized carbons (Fsp3) is 0.636. The first-order chi connectivity index (χ1) is 8.88. The highest BCUT2D eigenvalue weighted by molar-refractivity contribution is 9.11. The summed E-state index contributed by atoms with van der Waals surface area (Å²) in [5.74, 6) is 0. The Morgan fingerprint density at radius 1 is 1.47 bits per heavy atom. The summed E-state index contributed by atoms with van der Waals surface area (Å²) >= 11 is 10.1. The van der Waals surface area contributed by atoms with Crippen molar-refractivity contribution in [2.24, 2.45) is 5.41 Å². The molecule has 108 valence electrons. The summed E-state index contributed by atoms with van der Waals surface area (Å²) in [5, 5.41) is 9.86. The number of aliphatic hydroxyl groups excluding tert-OH is 1. The molecular formula is C11H15BrClNO3S2. The molecule has 0 aromatic carbocycles. The molecule has 0 spiro atoms. The maximum absolute atomic E-state index is 12.2. The lowest BCUT2D eigenvalue weighted by Gasteiger charge is -2.26. The van der Waals surface area contributed by atoms with Crippen LogP contribution in [0.1, 0.15) is 25.7 Å². The van der Waals surface area contributed by atoms with Gasteiger partial charge in [0.1, 0.15) is 4.21 Å². The van der Waals surface area contributed by atoms with E-state index in [9.17, 15) is 13.5 Å². The normalized spacial score (nSPS) is 18.9. The largest absolute Gasteiger partial charge is 0.396 e. The molecule has 1 heterocycles. The van der Waals surface area contributed by atoms with Gasteiger partial charge in [-0.05, 0) is 34.8 Å².